The van der Waals surface area contributed by atoms with Crippen molar-refractivity contribution in [2.24, 2.45) is 11.8 Å². The fourth-order valence-electron chi connectivity index (χ4n) is 5.10. The van der Waals surface area contributed by atoms with Crippen LogP contribution < -0.4 is 10.1 Å². The Morgan fingerprint density at radius 3 is 2.84 bits per heavy atom. The van der Waals surface area contributed by atoms with Crippen molar-refractivity contribution in [1.29, 1.82) is 0 Å². The molecule has 0 amide bonds. The molecule has 0 saturated carbocycles. The largest absolute Gasteiger partial charge is 0.497 e. The van der Waals surface area contributed by atoms with Crippen molar-refractivity contribution in [3.8, 4) is 5.75 Å². The minimum Gasteiger partial charge on any atom is -0.497 e. The molecule has 6 nitrogen and oxygen atoms in total. The summed E-state index contributed by atoms with van der Waals surface area (Å²) in [5.74, 6) is -1.67. The number of piperidine rings is 1. The van der Waals surface area contributed by atoms with Gasteiger partial charge in [0.2, 0.25) is 0 Å². The summed E-state index contributed by atoms with van der Waals surface area (Å²) in [5.41, 5.74) is 1.23. The maximum absolute atomic E-state index is 13.9. The molecular weight excluding hydrogens is 522 g/mol. The van der Waals surface area contributed by atoms with Gasteiger partial charge in [0.05, 0.1) is 29.7 Å². The lowest BCUT2D eigenvalue weighted by atomic mass is 9.76. The molecule has 0 spiro atoms. The zero-order chi connectivity index (χ0) is 26.5. The molecular formula is C27H29ClF2N2O4S. The molecule has 1 aliphatic rings. The molecule has 2 heterocycles. The lowest BCUT2D eigenvalue weighted by Crippen LogP contribution is -2.49. The molecule has 198 valence electrons. The number of pyridine rings is 1. The van der Waals surface area contributed by atoms with E-state index >= 15 is 0 Å². The topological polar surface area (TPSA) is 91.7 Å². The number of rotatable bonds is 10. The third-order valence-corrected chi connectivity index (χ3v) is 8.31. The summed E-state index contributed by atoms with van der Waals surface area (Å²) >= 11 is 7.60. The van der Waals surface area contributed by atoms with Crippen LogP contribution >= 0.6 is 23.4 Å². The van der Waals surface area contributed by atoms with E-state index in [0.717, 1.165) is 18.2 Å². The summed E-state index contributed by atoms with van der Waals surface area (Å²) in [6.45, 7) is 0.643. The van der Waals surface area contributed by atoms with E-state index in [2.05, 4.69) is 10.3 Å². The first-order valence-corrected chi connectivity index (χ1v) is 13.5. The molecule has 10 heteroatoms. The average Bonchev–Trinajstić information content (AvgIpc) is 2.88. The van der Waals surface area contributed by atoms with E-state index in [1.807, 2.05) is 0 Å². The van der Waals surface area contributed by atoms with E-state index in [9.17, 15) is 23.8 Å². The van der Waals surface area contributed by atoms with Gasteiger partial charge in [-0.05, 0) is 80.3 Å². The van der Waals surface area contributed by atoms with Crippen molar-refractivity contribution < 1.29 is 28.5 Å². The Morgan fingerprint density at radius 1 is 1.27 bits per heavy atom. The van der Waals surface area contributed by atoms with E-state index in [1.54, 1.807) is 25.3 Å². The number of carboxylic acids is 1. The molecule has 1 saturated heterocycles. The highest BCUT2D eigenvalue weighted by molar-refractivity contribution is 7.99. The predicted molar refractivity (Wildman–Crippen MR) is 140 cm³/mol. The summed E-state index contributed by atoms with van der Waals surface area (Å²) in [6, 6.07) is 8.36. The summed E-state index contributed by atoms with van der Waals surface area (Å²) in [6.07, 6.45) is 2.57. The average molecular weight is 551 g/mol. The van der Waals surface area contributed by atoms with Crippen LogP contribution in [0.15, 0.2) is 47.5 Å². The maximum Gasteiger partial charge on any atom is 0.308 e. The van der Waals surface area contributed by atoms with Crippen LogP contribution in [-0.2, 0) is 4.79 Å². The Bertz CT molecular complexity index is 1260. The first-order valence-electron chi connectivity index (χ1n) is 12.1. The van der Waals surface area contributed by atoms with Crippen LogP contribution in [0.25, 0.3) is 10.9 Å². The number of ether oxygens (including phenoxy) is 1. The number of fused-ring (bicyclic) bond motifs is 1. The minimum absolute atomic E-state index is 0.157. The highest BCUT2D eigenvalue weighted by atomic mass is 35.5. The molecule has 3 aromatic rings. The number of methoxy groups -OCH3 is 1. The zero-order valence-electron chi connectivity index (χ0n) is 20.3. The molecule has 0 aliphatic carbocycles. The molecule has 0 radical (unpaired) electrons. The third kappa shape index (κ3) is 6.52. The van der Waals surface area contributed by atoms with Gasteiger partial charge in [-0.3, -0.25) is 9.78 Å². The number of aliphatic hydroxyl groups excluding tert-OH is 1. The number of benzene rings is 2. The van der Waals surface area contributed by atoms with Gasteiger partial charge >= 0.3 is 5.97 Å². The van der Waals surface area contributed by atoms with E-state index in [1.165, 1.54) is 18.0 Å². The fraction of sp³-hybridized carbons (Fsp3) is 0.407. The van der Waals surface area contributed by atoms with E-state index < -0.39 is 29.6 Å². The number of aromatic nitrogens is 1. The first-order chi connectivity index (χ1) is 17.8. The number of carboxylic acid groups (broad SMARTS) is 1. The maximum atomic E-state index is 13.9. The second-order valence-electron chi connectivity index (χ2n) is 9.18. The van der Waals surface area contributed by atoms with Crippen molar-refractivity contribution in [3.63, 3.8) is 0 Å². The van der Waals surface area contributed by atoms with Gasteiger partial charge in [-0.1, -0.05) is 11.6 Å². The van der Waals surface area contributed by atoms with Crippen LogP contribution in [0.5, 0.6) is 5.75 Å². The van der Waals surface area contributed by atoms with Gasteiger partial charge in [-0.15, -0.1) is 11.8 Å². The van der Waals surface area contributed by atoms with Crippen LogP contribution in [0.4, 0.5) is 8.78 Å². The van der Waals surface area contributed by atoms with Gasteiger partial charge in [0, 0.05) is 28.1 Å². The fourth-order valence-corrected chi connectivity index (χ4v) is 6.37. The van der Waals surface area contributed by atoms with Gasteiger partial charge in [-0.25, -0.2) is 8.78 Å². The number of aliphatic carboxylic acids is 1. The summed E-state index contributed by atoms with van der Waals surface area (Å²) in [7, 11) is 1.56. The van der Waals surface area contributed by atoms with Crippen LogP contribution in [0.3, 0.4) is 0 Å². The quantitative estimate of drug-likeness (QED) is 0.273. The Labute approximate surface area is 223 Å². The lowest BCUT2D eigenvalue weighted by molar-refractivity contribution is -0.146. The van der Waals surface area contributed by atoms with Gasteiger partial charge in [0.1, 0.15) is 17.4 Å². The van der Waals surface area contributed by atoms with Gasteiger partial charge in [0.25, 0.3) is 0 Å². The second-order valence-corrected chi connectivity index (χ2v) is 10.7. The Kier molecular flexibility index (Phi) is 9.23. The molecule has 1 fully saturated rings. The van der Waals surface area contributed by atoms with Gasteiger partial charge in [0.15, 0.2) is 0 Å². The molecule has 4 atom stereocenters. The number of nitrogens with one attached hydrogen (secondary N) is 1. The Hall–Kier alpha value is -2.46. The number of carbonyl (C=O) groups is 1. The molecule has 0 bridgehead atoms. The molecule has 37 heavy (non-hydrogen) atoms. The number of halogens is 3. The van der Waals surface area contributed by atoms with Crippen molar-refractivity contribution >= 4 is 40.2 Å². The summed E-state index contributed by atoms with van der Waals surface area (Å²) in [4.78, 5) is 16.8. The molecule has 1 aliphatic heterocycles. The van der Waals surface area contributed by atoms with Gasteiger partial charge < -0.3 is 20.3 Å². The monoisotopic (exact) mass is 550 g/mol. The van der Waals surface area contributed by atoms with Gasteiger partial charge in [-0.2, -0.15) is 0 Å². The molecule has 4 rings (SSSR count). The Balaban J connectivity index is 1.43. The van der Waals surface area contributed by atoms with Crippen molar-refractivity contribution in [3.05, 3.63) is 64.8 Å². The normalized spacial score (nSPS) is 20.6. The number of aliphatic hydroxyl groups is 1. The number of thioether (sulfide) groups is 1. The first kappa shape index (κ1) is 27.6. The van der Waals surface area contributed by atoms with E-state index in [-0.39, 0.29) is 16.9 Å². The predicted octanol–water partition coefficient (Wildman–Crippen LogP) is 5.85. The summed E-state index contributed by atoms with van der Waals surface area (Å²) in [5, 5.41) is 25.5. The molecule has 4 unspecified atom stereocenters. The van der Waals surface area contributed by atoms with E-state index in [0.29, 0.717) is 65.2 Å². The zero-order valence-corrected chi connectivity index (χ0v) is 21.9. The molecule has 3 N–H and O–H groups in total. The van der Waals surface area contributed by atoms with Crippen molar-refractivity contribution in [2.45, 2.75) is 42.7 Å². The molecule has 2 aromatic carbocycles. The summed E-state index contributed by atoms with van der Waals surface area (Å²) < 4.78 is 32.7. The van der Waals surface area contributed by atoms with Crippen LogP contribution in [-0.4, -0.2) is 46.6 Å². The van der Waals surface area contributed by atoms with Crippen molar-refractivity contribution in [2.75, 3.05) is 19.4 Å². The number of nitrogens with zero attached hydrogens (tertiary/aromatic N) is 1. The third-order valence-electron chi connectivity index (χ3n) is 6.94. The lowest BCUT2D eigenvalue weighted by Gasteiger charge is -2.37. The molecule has 1 aromatic heterocycles. The minimum atomic E-state index is -0.907. The number of hydrogen-bond donors (Lipinski definition) is 3. The SMILES string of the molecule is COc1ccc2ncc(Cl)c(C(O)CCC3CCNC(CCSc4cc(F)ccc4F)C3C(=O)O)c2c1. The smallest absolute Gasteiger partial charge is 0.308 e. The van der Waals surface area contributed by atoms with E-state index in [4.69, 9.17) is 16.3 Å². The van der Waals surface area contributed by atoms with Crippen LogP contribution in [0.2, 0.25) is 5.02 Å². The standard InChI is InChI=1S/C27H29ClF2N2O4S/c1-36-17-4-6-21-18(13-17)26(19(28)14-32-21)23(33)7-2-15-8-10-31-22(25(15)27(34)35)9-11-37-24-12-16(29)3-5-20(24)30/h3-6,12-15,22-23,25,31,33H,2,7-11H2,1H3,(H,34,35). The second kappa shape index (κ2) is 12.4. The van der Waals surface area contributed by atoms with Crippen LogP contribution in [0.1, 0.15) is 37.4 Å². The highest BCUT2D eigenvalue weighted by Gasteiger charge is 2.38. The highest BCUT2D eigenvalue weighted by Crippen LogP contribution is 2.37. The van der Waals surface area contributed by atoms with Crippen molar-refractivity contribution in [1.82, 2.24) is 10.3 Å². The van der Waals surface area contributed by atoms with Crippen LogP contribution in [0, 0.1) is 23.5 Å². The number of hydrogen-bond acceptors (Lipinski definition) is 6. The Morgan fingerprint density at radius 2 is 2.08 bits per heavy atom.